The molecule has 0 aromatic heterocycles. The molecule has 0 heterocycles. The monoisotopic (exact) mass is 226 g/mol. The number of nitrogens with zero attached hydrogens (tertiary/aromatic N) is 1. The van der Waals surface area contributed by atoms with Crippen molar-refractivity contribution in [3.63, 3.8) is 0 Å². The Kier molecular flexibility index (Phi) is 3.65. The van der Waals surface area contributed by atoms with E-state index in [0.29, 0.717) is 0 Å². The van der Waals surface area contributed by atoms with Gasteiger partial charge in [-0.05, 0) is 13.8 Å². The SMILES string of the molecule is CCOC(=O)NC1([N+](=O)[O-])C=CC=CC1C. The summed E-state index contributed by atoms with van der Waals surface area (Å²) in [5.74, 6) is -0.433. The number of hydrogen-bond acceptors (Lipinski definition) is 4. The molecular formula is C10H14N2O4. The highest BCUT2D eigenvalue weighted by atomic mass is 16.6. The molecule has 0 aliphatic heterocycles. The summed E-state index contributed by atoms with van der Waals surface area (Å²) in [6, 6.07) is 0. The van der Waals surface area contributed by atoms with Crippen molar-refractivity contribution in [1.29, 1.82) is 0 Å². The third-order valence-corrected chi connectivity index (χ3v) is 2.44. The van der Waals surface area contributed by atoms with Crippen molar-refractivity contribution in [2.75, 3.05) is 6.61 Å². The van der Waals surface area contributed by atoms with Crippen LogP contribution in [-0.4, -0.2) is 23.3 Å². The summed E-state index contributed by atoms with van der Waals surface area (Å²) in [4.78, 5) is 21.8. The van der Waals surface area contributed by atoms with E-state index in [-0.39, 0.29) is 6.61 Å². The van der Waals surface area contributed by atoms with E-state index in [1.165, 1.54) is 12.2 Å². The van der Waals surface area contributed by atoms with Gasteiger partial charge in [0, 0.05) is 6.08 Å². The van der Waals surface area contributed by atoms with Gasteiger partial charge in [-0.25, -0.2) is 4.79 Å². The van der Waals surface area contributed by atoms with Gasteiger partial charge >= 0.3 is 11.8 Å². The predicted octanol–water partition coefficient (Wildman–Crippen LogP) is 1.47. The van der Waals surface area contributed by atoms with Crippen molar-refractivity contribution in [2.24, 2.45) is 5.92 Å². The normalized spacial score (nSPS) is 27.5. The molecule has 2 atom stereocenters. The number of carbonyl (C=O) groups excluding carboxylic acids is 1. The smallest absolute Gasteiger partial charge is 0.412 e. The first kappa shape index (κ1) is 12.2. The third kappa shape index (κ3) is 2.21. The zero-order chi connectivity index (χ0) is 12.2. The fraction of sp³-hybridized carbons (Fsp3) is 0.500. The van der Waals surface area contributed by atoms with E-state index in [1.54, 1.807) is 26.0 Å². The zero-order valence-electron chi connectivity index (χ0n) is 9.17. The molecule has 1 amide bonds. The number of carbonyl (C=O) groups is 1. The Morgan fingerprint density at radius 2 is 2.31 bits per heavy atom. The maximum Gasteiger partial charge on any atom is 0.412 e. The Labute approximate surface area is 93.1 Å². The van der Waals surface area contributed by atoms with E-state index in [0.717, 1.165) is 0 Å². The number of amides is 1. The minimum absolute atomic E-state index is 0.174. The van der Waals surface area contributed by atoms with Crippen molar-refractivity contribution < 1.29 is 14.5 Å². The number of hydrogen-bond donors (Lipinski definition) is 1. The summed E-state index contributed by atoms with van der Waals surface area (Å²) >= 11 is 0. The quantitative estimate of drug-likeness (QED) is 0.449. The van der Waals surface area contributed by atoms with Crippen molar-refractivity contribution in [2.45, 2.75) is 19.5 Å². The van der Waals surface area contributed by atoms with E-state index >= 15 is 0 Å². The van der Waals surface area contributed by atoms with Gasteiger partial charge in [-0.2, -0.15) is 0 Å². The summed E-state index contributed by atoms with van der Waals surface area (Å²) in [6.45, 7) is 3.47. The van der Waals surface area contributed by atoms with Crippen LogP contribution >= 0.6 is 0 Å². The van der Waals surface area contributed by atoms with Gasteiger partial charge in [0.2, 0.25) is 0 Å². The lowest BCUT2D eigenvalue weighted by atomic mass is 9.90. The summed E-state index contributed by atoms with van der Waals surface area (Å²) in [5, 5.41) is 13.4. The highest BCUT2D eigenvalue weighted by Gasteiger charge is 2.47. The molecule has 2 unspecified atom stereocenters. The van der Waals surface area contributed by atoms with E-state index in [9.17, 15) is 14.9 Å². The highest BCUT2D eigenvalue weighted by molar-refractivity contribution is 5.68. The van der Waals surface area contributed by atoms with Crippen LogP contribution in [0.15, 0.2) is 24.3 Å². The lowest BCUT2D eigenvalue weighted by Gasteiger charge is -2.28. The van der Waals surface area contributed by atoms with Gasteiger partial charge in [-0.15, -0.1) is 0 Å². The molecular weight excluding hydrogens is 212 g/mol. The fourth-order valence-electron chi connectivity index (χ4n) is 1.49. The van der Waals surface area contributed by atoms with Crippen LogP contribution in [0.4, 0.5) is 4.79 Å². The average molecular weight is 226 g/mol. The maximum absolute atomic E-state index is 11.3. The van der Waals surface area contributed by atoms with Gasteiger partial charge in [0.05, 0.1) is 17.4 Å². The number of nitrogens with one attached hydrogen (secondary N) is 1. The van der Waals surface area contributed by atoms with E-state index < -0.39 is 22.6 Å². The molecule has 16 heavy (non-hydrogen) atoms. The summed E-state index contributed by atoms with van der Waals surface area (Å²) in [6.07, 6.45) is 5.48. The Morgan fingerprint density at radius 3 is 2.81 bits per heavy atom. The summed E-state index contributed by atoms with van der Waals surface area (Å²) < 4.78 is 4.66. The molecule has 6 nitrogen and oxygen atoms in total. The van der Waals surface area contributed by atoms with Gasteiger partial charge in [-0.1, -0.05) is 18.2 Å². The number of allylic oxidation sites excluding steroid dienone is 2. The van der Waals surface area contributed by atoms with E-state index in [2.05, 4.69) is 10.1 Å². The lowest BCUT2D eigenvalue weighted by Crippen LogP contribution is -2.57. The molecule has 0 radical (unpaired) electrons. The number of ether oxygens (including phenoxy) is 1. The predicted molar refractivity (Wildman–Crippen MR) is 57.3 cm³/mol. The van der Waals surface area contributed by atoms with Crippen molar-refractivity contribution in [3.05, 3.63) is 34.4 Å². The van der Waals surface area contributed by atoms with Gasteiger partial charge in [-0.3, -0.25) is 15.4 Å². The van der Waals surface area contributed by atoms with Crippen LogP contribution in [0.3, 0.4) is 0 Å². The van der Waals surface area contributed by atoms with E-state index in [4.69, 9.17) is 0 Å². The molecule has 0 saturated heterocycles. The average Bonchev–Trinajstić information content (AvgIpc) is 2.21. The highest BCUT2D eigenvalue weighted by Crippen LogP contribution is 2.25. The molecule has 0 fully saturated rings. The molecule has 88 valence electrons. The molecule has 0 bridgehead atoms. The van der Waals surface area contributed by atoms with Crippen LogP contribution in [0.2, 0.25) is 0 Å². The molecule has 0 spiro atoms. The van der Waals surface area contributed by atoms with Gasteiger partial charge in [0.25, 0.3) is 0 Å². The second kappa shape index (κ2) is 4.78. The Hall–Kier alpha value is -1.85. The minimum Gasteiger partial charge on any atom is -0.450 e. The Bertz CT molecular complexity index is 351. The zero-order valence-corrected chi connectivity index (χ0v) is 9.17. The first-order valence-corrected chi connectivity index (χ1v) is 4.98. The first-order chi connectivity index (χ1) is 7.53. The van der Waals surface area contributed by atoms with Crippen LogP contribution < -0.4 is 5.32 Å². The molecule has 0 saturated carbocycles. The van der Waals surface area contributed by atoms with Crippen LogP contribution in [0.5, 0.6) is 0 Å². The molecule has 0 aromatic rings. The van der Waals surface area contributed by atoms with Crippen molar-refractivity contribution >= 4 is 6.09 Å². The second-order valence-corrected chi connectivity index (χ2v) is 3.46. The number of alkyl carbamates (subject to hydrolysis) is 1. The van der Waals surface area contributed by atoms with Crippen LogP contribution in [0.1, 0.15) is 13.8 Å². The number of rotatable bonds is 3. The molecule has 1 N–H and O–H groups in total. The largest absolute Gasteiger partial charge is 0.450 e. The minimum atomic E-state index is -1.61. The van der Waals surface area contributed by atoms with Crippen LogP contribution in [0, 0.1) is 16.0 Å². The second-order valence-electron chi connectivity index (χ2n) is 3.46. The van der Waals surface area contributed by atoms with Crippen LogP contribution in [0.25, 0.3) is 0 Å². The maximum atomic E-state index is 11.3. The number of nitro groups is 1. The van der Waals surface area contributed by atoms with Crippen LogP contribution in [-0.2, 0) is 4.74 Å². The first-order valence-electron chi connectivity index (χ1n) is 4.98. The fourth-order valence-corrected chi connectivity index (χ4v) is 1.49. The summed E-state index contributed by atoms with van der Waals surface area (Å²) in [5.41, 5.74) is -1.61. The van der Waals surface area contributed by atoms with Gasteiger partial charge < -0.3 is 4.74 Å². The summed E-state index contributed by atoms with van der Waals surface area (Å²) in [7, 11) is 0. The van der Waals surface area contributed by atoms with Crippen molar-refractivity contribution in [3.8, 4) is 0 Å². The molecule has 1 aliphatic carbocycles. The standard InChI is InChI=1S/C10H14N2O4/c1-3-16-9(13)11-10(12(14)15)7-5-4-6-8(10)2/h4-8H,3H2,1-2H3,(H,11,13). The molecule has 1 rings (SSSR count). The molecule has 6 heteroatoms. The third-order valence-electron chi connectivity index (χ3n) is 2.44. The Balaban J connectivity index is 2.90. The van der Waals surface area contributed by atoms with Crippen molar-refractivity contribution in [1.82, 2.24) is 5.32 Å². The Morgan fingerprint density at radius 1 is 1.62 bits per heavy atom. The van der Waals surface area contributed by atoms with Gasteiger partial charge in [0.1, 0.15) is 0 Å². The topological polar surface area (TPSA) is 81.5 Å². The lowest BCUT2D eigenvalue weighted by molar-refractivity contribution is -0.568. The molecule has 0 aromatic carbocycles. The van der Waals surface area contributed by atoms with Gasteiger partial charge in [0.15, 0.2) is 0 Å². The van der Waals surface area contributed by atoms with E-state index in [1.807, 2.05) is 0 Å². The molecule has 1 aliphatic rings.